The number of halogens is 3. The Morgan fingerprint density at radius 2 is 1.72 bits per heavy atom. The van der Waals surface area contributed by atoms with Crippen LogP contribution >= 0.6 is 0 Å². The number of nitrogens with one attached hydrogen (secondary N) is 2. The summed E-state index contributed by atoms with van der Waals surface area (Å²) in [6.07, 6.45) is -4.89. The van der Waals surface area contributed by atoms with Gasteiger partial charge < -0.3 is 10.1 Å². The molecule has 10 heteroatoms. The third-order valence-electron chi connectivity index (χ3n) is 3.89. The molecule has 2 N–H and O–H groups in total. The topological polar surface area (TPSA) is 84.5 Å². The van der Waals surface area contributed by atoms with E-state index < -0.39 is 27.7 Å². The molecule has 0 heterocycles. The van der Waals surface area contributed by atoms with Gasteiger partial charge in [-0.15, -0.1) is 0 Å². The van der Waals surface area contributed by atoms with Gasteiger partial charge in [0.25, 0.3) is 5.91 Å². The Kier molecular flexibility index (Phi) is 6.91. The maximum absolute atomic E-state index is 13.4. The Morgan fingerprint density at radius 3 is 2.24 bits per heavy atom. The van der Waals surface area contributed by atoms with Crippen LogP contribution in [0.1, 0.15) is 35.3 Å². The average Bonchev–Trinajstić information content (AvgIpc) is 2.65. The molecule has 6 nitrogen and oxygen atoms in total. The quantitative estimate of drug-likeness (QED) is 0.706. The molecule has 158 valence electrons. The highest BCUT2D eigenvalue weighted by Crippen LogP contribution is 2.34. The maximum atomic E-state index is 13.4. The third-order valence-corrected chi connectivity index (χ3v) is 5.32. The van der Waals surface area contributed by atoms with Crippen molar-refractivity contribution in [2.75, 3.05) is 7.05 Å². The molecular weight excluding hydrogens is 409 g/mol. The van der Waals surface area contributed by atoms with E-state index in [-0.39, 0.29) is 34.4 Å². The molecule has 0 saturated carbocycles. The summed E-state index contributed by atoms with van der Waals surface area (Å²) in [6.45, 7) is 3.05. The van der Waals surface area contributed by atoms with Crippen LogP contribution in [0.4, 0.5) is 13.2 Å². The Balaban J connectivity index is 2.17. The molecule has 0 unspecified atom stereocenters. The van der Waals surface area contributed by atoms with Crippen molar-refractivity contribution >= 4 is 15.9 Å². The number of hydrogen-bond acceptors (Lipinski definition) is 4. The normalized spacial score (nSPS) is 12.1. The fourth-order valence-corrected chi connectivity index (χ4v) is 3.23. The zero-order valence-corrected chi connectivity index (χ0v) is 16.8. The molecule has 0 radical (unpaired) electrons. The van der Waals surface area contributed by atoms with Gasteiger partial charge in [-0.2, -0.15) is 13.2 Å². The highest BCUT2D eigenvalue weighted by Gasteiger charge is 2.34. The first-order valence-corrected chi connectivity index (χ1v) is 10.1. The second kappa shape index (κ2) is 8.83. The molecule has 2 aromatic rings. The molecule has 2 rings (SSSR count). The fourth-order valence-electron chi connectivity index (χ4n) is 2.50. The molecule has 0 aliphatic rings. The van der Waals surface area contributed by atoms with E-state index in [0.29, 0.717) is 0 Å². The summed E-state index contributed by atoms with van der Waals surface area (Å²) < 4.78 is 70.9. The summed E-state index contributed by atoms with van der Waals surface area (Å²) in [5, 5.41) is 2.42. The zero-order valence-electron chi connectivity index (χ0n) is 16.0. The van der Waals surface area contributed by atoms with Gasteiger partial charge in [0.15, 0.2) is 0 Å². The smallest absolute Gasteiger partial charge is 0.416 e. The van der Waals surface area contributed by atoms with Crippen LogP contribution in [0.2, 0.25) is 0 Å². The lowest BCUT2D eigenvalue weighted by Crippen LogP contribution is -2.25. The minimum Gasteiger partial charge on any atom is -0.491 e. The zero-order chi connectivity index (χ0) is 21.8. The van der Waals surface area contributed by atoms with Gasteiger partial charge in [0, 0.05) is 12.1 Å². The van der Waals surface area contributed by atoms with Crippen LogP contribution in [-0.2, 0) is 22.7 Å². The van der Waals surface area contributed by atoms with E-state index in [1.54, 1.807) is 13.8 Å². The fraction of sp³-hybridized carbons (Fsp3) is 0.316. The number of benzene rings is 2. The number of amides is 1. The van der Waals surface area contributed by atoms with Crippen molar-refractivity contribution in [1.82, 2.24) is 10.0 Å². The second-order valence-electron chi connectivity index (χ2n) is 6.40. The van der Waals surface area contributed by atoms with Gasteiger partial charge in [0.1, 0.15) is 5.75 Å². The summed E-state index contributed by atoms with van der Waals surface area (Å²) in [6, 6.07) is 8.60. The van der Waals surface area contributed by atoms with Gasteiger partial charge in [-0.3, -0.25) is 4.79 Å². The van der Waals surface area contributed by atoms with E-state index in [0.717, 1.165) is 6.07 Å². The Bertz CT molecular complexity index is 972. The summed E-state index contributed by atoms with van der Waals surface area (Å²) in [7, 11) is -2.39. The van der Waals surface area contributed by atoms with Gasteiger partial charge in [-0.25, -0.2) is 13.1 Å². The molecule has 1 amide bonds. The lowest BCUT2D eigenvalue weighted by Gasteiger charge is -2.17. The second-order valence-corrected chi connectivity index (χ2v) is 8.28. The molecule has 0 atom stereocenters. The van der Waals surface area contributed by atoms with Crippen molar-refractivity contribution in [2.45, 2.75) is 37.6 Å². The van der Waals surface area contributed by atoms with Crippen LogP contribution < -0.4 is 14.8 Å². The van der Waals surface area contributed by atoms with Crippen LogP contribution in [0.25, 0.3) is 0 Å². The van der Waals surface area contributed by atoms with Crippen molar-refractivity contribution < 1.29 is 31.1 Å². The third kappa shape index (κ3) is 5.94. The van der Waals surface area contributed by atoms with E-state index in [1.807, 2.05) is 0 Å². The van der Waals surface area contributed by atoms with Gasteiger partial charge in [0.05, 0.1) is 16.6 Å². The molecule has 0 saturated heterocycles. The lowest BCUT2D eigenvalue weighted by molar-refractivity contribution is -0.138. The summed E-state index contributed by atoms with van der Waals surface area (Å²) in [4.78, 5) is 12.2. The van der Waals surface area contributed by atoms with Crippen LogP contribution in [0.3, 0.4) is 0 Å². The van der Waals surface area contributed by atoms with Crippen molar-refractivity contribution in [3.8, 4) is 5.75 Å². The van der Waals surface area contributed by atoms with Crippen molar-refractivity contribution in [3.05, 3.63) is 59.2 Å². The Hall–Kier alpha value is -2.59. The summed E-state index contributed by atoms with van der Waals surface area (Å²) in [5.74, 6) is -0.544. The SMILES string of the molecule is CNS(=O)(=O)c1ccc(C(=O)NCc2ccc(OC(C)C)cc2C(F)(F)F)cc1. The standard InChI is InChI=1S/C19H21F3N2O4S/c1-12(2)28-15-7-4-14(17(10-15)19(20,21)22)11-24-18(25)13-5-8-16(9-6-13)29(26,27)23-3/h4-10,12,23H,11H2,1-3H3,(H,24,25). The number of carbonyl (C=O) groups excluding carboxylic acids is 1. The molecule has 0 aromatic heterocycles. The van der Waals surface area contributed by atoms with E-state index in [4.69, 9.17) is 4.74 Å². The van der Waals surface area contributed by atoms with Gasteiger partial charge >= 0.3 is 6.18 Å². The molecule has 0 bridgehead atoms. The van der Waals surface area contributed by atoms with Crippen molar-refractivity contribution in [2.24, 2.45) is 0 Å². The first kappa shape index (κ1) is 22.7. The number of ether oxygens (including phenoxy) is 1. The van der Waals surface area contributed by atoms with E-state index in [9.17, 15) is 26.4 Å². The summed E-state index contributed by atoms with van der Waals surface area (Å²) >= 11 is 0. The Labute approximate surface area is 167 Å². The summed E-state index contributed by atoms with van der Waals surface area (Å²) in [5.41, 5.74) is -0.892. The minimum absolute atomic E-state index is 0.0309. The number of hydrogen-bond donors (Lipinski definition) is 2. The van der Waals surface area contributed by atoms with Gasteiger partial charge in [0.2, 0.25) is 10.0 Å². The lowest BCUT2D eigenvalue weighted by atomic mass is 10.1. The average molecular weight is 430 g/mol. The van der Waals surface area contributed by atoms with Crippen molar-refractivity contribution in [3.63, 3.8) is 0 Å². The monoisotopic (exact) mass is 430 g/mol. The van der Waals surface area contributed by atoms with E-state index >= 15 is 0 Å². The van der Waals surface area contributed by atoms with Crippen LogP contribution in [0, 0.1) is 0 Å². The molecule has 0 aliphatic heterocycles. The number of carbonyl (C=O) groups is 1. The molecule has 2 aromatic carbocycles. The predicted molar refractivity (Wildman–Crippen MR) is 101 cm³/mol. The first-order valence-electron chi connectivity index (χ1n) is 8.62. The number of alkyl halides is 3. The van der Waals surface area contributed by atoms with E-state index in [1.165, 1.54) is 43.4 Å². The first-order chi connectivity index (χ1) is 13.4. The predicted octanol–water partition coefficient (Wildman–Crippen LogP) is 3.33. The molecule has 0 fully saturated rings. The Morgan fingerprint density at radius 1 is 1.10 bits per heavy atom. The molecule has 0 spiro atoms. The van der Waals surface area contributed by atoms with Crippen LogP contribution in [0.5, 0.6) is 5.75 Å². The molecule has 29 heavy (non-hydrogen) atoms. The van der Waals surface area contributed by atoms with E-state index in [2.05, 4.69) is 10.0 Å². The largest absolute Gasteiger partial charge is 0.491 e. The van der Waals surface area contributed by atoms with Gasteiger partial charge in [-0.05, 0) is 62.9 Å². The highest BCUT2D eigenvalue weighted by molar-refractivity contribution is 7.89. The number of sulfonamides is 1. The maximum Gasteiger partial charge on any atom is 0.416 e. The van der Waals surface area contributed by atoms with Crippen molar-refractivity contribution in [1.29, 1.82) is 0 Å². The molecular formula is C19H21F3N2O4S. The highest BCUT2D eigenvalue weighted by atomic mass is 32.2. The minimum atomic E-state index is -4.61. The van der Waals surface area contributed by atoms with Crippen LogP contribution in [-0.4, -0.2) is 27.5 Å². The number of rotatable bonds is 7. The molecule has 0 aliphatic carbocycles. The van der Waals surface area contributed by atoms with Gasteiger partial charge in [-0.1, -0.05) is 6.07 Å². The van der Waals surface area contributed by atoms with Crippen LogP contribution in [0.15, 0.2) is 47.4 Å².